The van der Waals surface area contributed by atoms with Gasteiger partial charge in [-0.05, 0) is 49.6 Å². The summed E-state index contributed by atoms with van der Waals surface area (Å²) in [6, 6.07) is 12.1. The molecule has 0 N–H and O–H groups in total. The van der Waals surface area contributed by atoms with Crippen LogP contribution >= 0.6 is 0 Å². The summed E-state index contributed by atoms with van der Waals surface area (Å²) in [6.45, 7) is 5.72. The first-order valence-electron chi connectivity index (χ1n) is 6.29. The van der Waals surface area contributed by atoms with Crippen LogP contribution in [0.4, 0.5) is 0 Å². The minimum atomic E-state index is 0. The van der Waals surface area contributed by atoms with Crippen LogP contribution in [-0.2, 0) is 0 Å². The average Bonchev–Trinajstić information content (AvgIpc) is 2.37. The Labute approximate surface area is 121 Å². The maximum atomic E-state index is 11.5. The zero-order valence-electron chi connectivity index (χ0n) is 11.8. The lowest BCUT2D eigenvalue weighted by atomic mass is 9.97. The summed E-state index contributed by atoms with van der Waals surface area (Å²) in [5, 5.41) is 0. The number of methoxy groups -OCH3 is 1. The maximum absolute atomic E-state index is 11.5. The number of ketones is 1. The lowest BCUT2D eigenvalue weighted by Gasteiger charge is -2.11. The van der Waals surface area contributed by atoms with Crippen molar-refractivity contribution >= 4 is 5.78 Å². The van der Waals surface area contributed by atoms with Gasteiger partial charge >= 0.3 is 0 Å². The number of hydrogen-bond donors (Lipinski definition) is 0. The lowest BCUT2D eigenvalue weighted by Crippen LogP contribution is -1.98. The third-order valence-electron chi connectivity index (χ3n) is 3.27. The van der Waals surface area contributed by atoms with E-state index in [4.69, 9.17) is 4.74 Å². The third kappa shape index (κ3) is 3.08. The molecule has 0 heterocycles. The minimum Gasteiger partial charge on any atom is -0.496 e. The highest BCUT2D eigenvalue weighted by Gasteiger charge is 2.10. The highest BCUT2D eigenvalue weighted by molar-refractivity contribution is 5.97. The van der Waals surface area contributed by atoms with E-state index in [2.05, 4.69) is 32.0 Å². The summed E-state index contributed by atoms with van der Waals surface area (Å²) in [7, 11) is 1.59. The number of benzene rings is 2. The Morgan fingerprint density at radius 2 is 1.75 bits per heavy atom. The quantitative estimate of drug-likeness (QED) is 0.747. The second kappa shape index (κ2) is 6.38. The van der Waals surface area contributed by atoms with Gasteiger partial charge in [0.25, 0.3) is 0 Å². The highest BCUT2D eigenvalue weighted by Crippen LogP contribution is 2.30. The van der Waals surface area contributed by atoms with Crippen LogP contribution in [0.3, 0.4) is 0 Å². The van der Waals surface area contributed by atoms with Crippen molar-refractivity contribution in [3.63, 3.8) is 0 Å². The fourth-order valence-electron chi connectivity index (χ4n) is 2.29. The summed E-state index contributed by atoms with van der Waals surface area (Å²) in [4.78, 5) is 11.5. The molecule has 0 bridgehead atoms. The van der Waals surface area contributed by atoms with Gasteiger partial charge in [-0.15, -0.1) is 0 Å². The number of hydrogen-bond acceptors (Lipinski definition) is 2. The molecule has 0 unspecified atom stereocenters. The van der Waals surface area contributed by atoms with Gasteiger partial charge in [-0.25, -0.2) is 0 Å². The minimum absolute atomic E-state index is 0. The van der Waals surface area contributed by atoms with Crippen LogP contribution < -0.4 is 4.74 Å². The van der Waals surface area contributed by atoms with E-state index in [9.17, 15) is 4.79 Å². The van der Waals surface area contributed by atoms with Crippen LogP contribution in [0.25, 0.3) is 11.1 Å². The van der Waals surface area contributed by atoms with E-state index in [1.54, 1.807) is 14.0 Å². The third-order valence-corrected chi connectivity index (χ3v) is 3.27. The summed E-state index contributed by atoms with van der Waals surface area (Å²) < 4.78 is 5.31. The Hall–Kier alpha value is -2.09. The molecule has 0 saturated heterocycles. The van der Waals surface area contributed by atoms with Gasteiger partial charge in [-0.2, -0.15) is 0 Å². The van der Waals surface area contributed by atoms with Crippen molar-refractivity contribution in [1.82, 2.24) is 0 Å². The number of ether oxygens (including phenoxy) is 1. The molecule has 0 amide bonds. The second-order valence-electron chi connectivity index (χ2n) is 4.79. The number of rotatable bonds is 3. The van der Waals surface area contributed by atoms with Crippen molar-refractivity contribution in [3.05, 3.63) is 53.1 Å². The monoisotopic (exact) mass is 270 g/mol. The Kier molecular flexibility index (Phi) is 5.09. The predicted octanol–water partition coefficient (Wildman–Crippen LogP) is 4.82. The fraction of sp³-hybridized carbons (Fsp3) is 0.278. The molecule has 106 valence electrons. The van der Waals surface area contributed by atoms with Crippen LogP contribution in [0.1, 0.15) is 35.8 Å². The molecular formula is C18H22O2. The molecule has 0 aromatic heterocycles. The number of aryl methyl sites for hydroxylation is 2. The first-order chi connectivity index (χ1) is 9.02. The molecule has 0 radical (unpaired) electrons. The fourth-order valence-corrected chi connectivity index (χ4v) is 2.29. The molecule has 0 atom stereocenters. The molecule has 0 spiro atoms. The van der Waals surface area contributed by atoms with Crippen LogP contribution in [0.2, 0.25) is 0 Å². The molecule has 0 aliphatic heterocycles. The molecule has 2 rings (SSSR count). The molecule has 2 heteroatoms. The van der Waals surface area contributed by atoms with E-state index >= 15 is 0 Å². The van der Waals surface area contributed by atoms with Crippen LogP contribution in [0, 0.1) is 13.8 Å². The molecule has 0 aliphatic rings. The SMILES string of the molecule is C.COc1cc(-c2ccc(C)cc2C)ccc1C(C)=O. The van der Waals surface area contributed by atoms with Crippen molar-refractivity contribution < 1.29 is 9.53 Å². The van der Waals surface area contributed by atoms with Gasteiger partial charge in [0.15, 0.2) is 5.78 Å². The molecule has 20 heavy (non-hydrogen) atoms. The Bertz CT molecular complexity index is 627. The van der Waals surface area contributed by atoms with Gasteiger partial charge in [0.2, 0.25) is 0 Å². The number of carbonyl (C=O) groups is 1. The van der Waals surface area contributed by atoms with Gasteiger partial charge in [-0.3, -0.25) is 4.79 Å². The zero-order chi connectivity index (χ0) is 14.0. The Balaban J connectivity index is 0.00000200. The highest BCUT2D eigenvalue weighted by atomic mass is 16.5. The molecule has 2 nitrogen and oxygen atoms in total. The molecule has 2 aromatic rings. The summed E-state index contributed by atoms with van der Waals surface area (Å²) in [5.74, 6) is 0.647. The normalized spacial score (nSPS) is 9.80. The van der Waals surface area contributed by atoms with Gasteiger partial charge in [0.05, 0.1) is 12.7 Å². The van der Waals surface area contributed by atoms with Gasteiger partial charge < -0.3 is 4.74 Å². The Morgan fingerprint density at radius 3 is 2.30 bits per heavy atom. The van der Waals surface area contributed by atoms with Crippen molar-refractivity contribution in [3.8, 4) is 16.9 Å². The van der Waals surface area contributed by atoms with E-state index in [-0.39, 0.29) is 13.2 Å². The first kappa shape index (κ1) is 16.0. The first-order valence-corrected chi connectivity index (χ1v) is 6.29. The van der Waals surface area contributed by atoms with Crippen molar-refractivity contribution in [2.75, 3.05) is 7.11 Å². The number of Topliss-reactive ketones (excluding diaryl/α,β-unsaturated/α-hetero) is 1. The van der Waals surface area contributed by atoms with Gasteiger partial charge in [0.1, 0.15) is 5.75 Å². The zero-order valence-corrected chi connectivity index (χ0v) is 11.8. The van der Waals surface area contributed by atoms with Gasteiger partial charge in [0, 0.05) is 0 Å². The lowest BCUT2D eigenvalue weighted by molar-refractivity contribution is 0.101. The molecular weight excluding hydrogens is 248 g/mol. The summed E-state index contributed by atoms with van der Waals surface area (Å²) >= 11 is 0. The standard InChI is InChI=1S/C17H18O2.CH4/c1-11-5-7-15(12(2)9-11)14-6-8-16(13(3)18)17(10-14)19-4;/h5-10H,1-4H3;1H4. The molecule has 0 fully saturated rings. The topological polar surface area (TPSA) is 26.3 Å². The van der Waals surface area contributed by atoms with E-state index < -0.39 is 0 Å². The maximum Gasteiger partial charge on any atom is 0.163 e. The second-order valence-corrected chi connectivity index (χ2v) is 4.79. The molecule has 0 saturated carbocycles. The van der Waals surface area contributed by atoms with Crippen LogP contribution in [0.5, 0.6) is 5.75 Å². The summed E-state index contributed by atoms with van der Waals surface area (Å²) in [6.07, 6.45) is 0. The van der Waals surface area contributed by atoms with Crippen molar-refractivity contribution in [1.29, 1.82) is 0 Å². The largest absolute Gasteiger partial charge is 0.496 e. The van der Waals surface area contributed by atoms with Crippen LogP contribution in [-0.4, -0.2) is 12.9 Å². The van der Waals surface area contributed by atoms with E-state index in [0.29, 0.717) is 11.3 Å². The summed E-state index contributed by atoms with van der Waals surface area (Å²) in [5.41, 5.74) is 5.32. The van der Waals surface area contributed by atoms with Gasteiger partial charge in [-0.1, -0.05) is 37.3 Å². The van der Waals surface area contributed by atoms with E-state index in [1.807, 2.05) is 18.2 Å². The van der Waals surface area contributed by atoms with Crippen LogP contribution in [0.15, 0.2) is 36.4 Å². The molecule has 0 aliphatic carbocycles. The smallest absolute Gasteiger partial charge is 0.163 e. The van der Waals surface area contributed by atoms with E-state index in [1.165, 1.54) is 16.7 Å². The molecule has 2 aromatic carbocycles. The van der Waals surface area contributed by atoms with E-state index in [0.717, 1.165) is 5.56 Å². The number of carbonyl (C=O) groups excluding carboxylic acids is 1. The van der Waals surface area contributed by atoms with Crippen molar-refractivity contribution in [2.45, 2.75) is 28.2 Å². The predicted molar refractivity (Wildman–Crippen MR) is 84.6 cm³/mol. The van der Waals surface area contributed by atoms with Crippen molar-refractivity contribution in [2.24, 2.45) is 0 Å². The Morgan fingerprint density at radius 1 is 1.05 bits per heavy atom. The average molecular weight is 270 g/mol.